The van der Waals surface area contributed by atoms with Crippen molar-refractivity contribution in [2.24, 2.45) is 0 Å². The summed E-state index contributed by atoms with van der Waals surface area (Å²) >= 11 is 1.37. The van der Waals surface area contributed by atoms with E-state index in [9.17, 15) is 4.79 Å². The van der Waals surface area contributed by atoms with E-state index in [1.165, 1.54) is 17.5 Å². The molecule has 0 radical (unpaired) electrons. The van der Waals surface area contributed by atoms with Crippen molar-refractivity contribution in [2.45, 2.75) is 13.8 Å². The Balaban J connectivity index is 2.10. The largest absolute Gasteiger partial charge is 0.436 e. The van der Waals surface area contributed by atoms with E-state index in [0.717, 1.165) is 5.69 Å². The number of nitrogens with one attached hydrogen (secondary N) is 1. The number of carbonyl (C=O) groups is 1. The molecule has 0 bridgehead atoms. The molecule has 15 heavy (non-hydrogen) atoms. The van der Waals surface area contributed by atoms with Gasteiger partial charge in [-0.1, -0.05) is 0 Å². The highest BCUT2D eigenvalue weighted by Gasteiger charge is 2.12. The van der Waals surface area contributed by atoms with Crippen LogP contribution in [0.3, 0.4) is 0 Å². The summed E-state index contributed by atoms with van der Waals surface area (Å²) in [5, 5.41) is 5.05. The van der Waals surface area contributed by atoms with Gasteiger partial charge in [0, 0.05) is 12.3 Å². The Bertz CT molecular complexity index is 489. The molecular weight excluding hydrogens is 214 g/mol. The summed E-state index contributed by atoms with van der Waals surface area (Å²) in [6.07, 6.45) is 1.39. The summed E-state index contributed by atoms with van der Waals surface area (Å²) in [6, 6.07) is 0. The Morgan fingerprint density at radius 1 is 1.53 bits per heavy atom. The summed E-state index contributed by atoms with van der Waals surface area (Å²) in [5.74, 6) is 0.334. The van der Waals surface area contributed by atoms with E-state index in [1.807, 2.05) is 12.3 Å². The molecule has 5 nitrogen and oxygen atoms in total. The maximum Gasteiger partial charge on any atom is 0.294 e. The van der Waals surface area contributed by atoms with Crippen molar-refractivity contribution in [3.05, 3.63) is 28.9 Å². The zero-order valence-electron chi connectivity index (χ0n) is 8.27. The van der Waals surface area contributed by atoms with Gasteiger partial charge < -0.3 is 4.42 Å². The normalized spacial score (nSPS) is 10.3. The predicted octanol–water partition coefficient (Wildman–Crippen LogP) is 2.00. The van der Waals surface area contributed by atoms with Gasteiger partial charge in [0.1, 0.15) is 0 Å². The quantitative estimate of drug-likeness (QED) is 0.845. The summed E-state index contributed by atoms with van der Waals surface area (Å²) in [7, 11) is 0. The lowest BCUT2D eigenvalue weighted by Gasteiger charge is -1.96. The number of oxazole rings is 1. The van der Waals surface area contributed by atoms with Crippen molar-refractivity contribution in [3.8, 4) is 0 Å². The standard InChI is InChI=1S/C9H9N3O2S/c1-5-4-15-9(11-5)12-8(13)7-3-10-6(2)14-7/h3-4H,1-2H3,(H,11,12,13). The molecule has 2 rings (SSSR count). The molecule has 0 spiro atoms. The van der Waals surface area contributed by atoms with Gasteiger partial charge in [-0.3, -0.25) is 10.1 Å². The van der Waals surface area contributed by atoms with Crippen LogP contribution < -0.4 is 5.32 Å². The van der Waals surface area contributed by atoms with Gasteiger partial charge in [-0.05, 0) is 6.92 Å². The van der Waals surface area contributed by atoms with Crippen molar-refractivity contribution < 1.29 is 9.21 Å². The molecular formula is C9H9N3O2S. The lowest BCUT2D eigenvalue weighted by molar-refractivity contribution is 0.0995. The fourth-order valence-electron chi connectivity index (χ4n) is 1.04. The number of aromatic nitrogens is 2. The van der Waals surface area contributed by atoms with Gasteiger partial charge in [0.15, 0.2) is 11.0 Å². The highest BCUT2D eigenvalue weighted by atomic mass is 32.1. The summed E-state index contributed by atoms with van der Waals surface area (Å²) in [4.78, 5) is 19.5. The average molecular weight is 223 g/mol. The average Bonchev–Trinajstić information content (AvgIpc) is 2.75. The lowest BCUT2D eigenvalue weighted by Crippen LogP contribution is -2.10. The van der Waals surface area contributed by atoms with E-state index < -0.39 is 0 Å². The molecule has 0 aliphatic carbocycles. The Kier molecular flexibility index (Phi) is 2.51. The van der Waals surface area contributed by atoms with Crippen molar-refractivity contribution in [1.82, 2.24) is 9.97 Å². The number of carbonyl (C=O) groups excluding carboxylic acids is 1. The van der Waals surface area contributed by atoms with Crippen LogP contribution in [0.1, 0.15) is 22.1 Å². The molecule has 0 aliphatic heterocycles. The van der Waals surface area contributed by atoms with Crippen LogP contribution in [0.2, 0.25) is 0 Å². The van der Waals surface area contributed by atoms with Crippen molar-refractivity contribution in [2.75, 3.05) is 5.32 Å². The van der Waals surface area contributed by atoms with Crippen molar-refractivity contribution >= 4 is 22.4 Å². The molecule has 0 atom stereocenters. The topological polar surface area (TPSA) is 68.0 Å². The molecule has 6 heteroatoms. The molecule has 0 aromatic carbocycles. The monoisotopic (exact) mass is 223 g/mol. The Labute approximate surface area is 90.2 Å². The number of aryl methyl sites for hydroxylation is 2. The van der Waals surface area contributed by atoms with Gasteiger partial charge >= 0.3 is 0 Å². The first kappa shape index (κ1) is 9.85. The number of rotatable bonds is 2. The van der Waals surface area contributed by atoms with Gasteiger partial charge in [0.2, 0.25) is 5.76 Å². The second kappa shape index (κ2) is 3.82. The van der Waals surface area contributed by atoms with Gasteiger partial charge in [0.25, 0.3) is 5.91 Å². The molecule has 0 aliphatic rings. The smallest absolute Gasteiger partial charge is 0.294 e. The van der Waals surface area contributed by atoms with Gasteiger partial charge in [-0.15, -0.1) is 11.3 Å². The molecule has 78 valence electrons. The first-order valence-electron chi connectivity index (χ1n) is 4.31. The molecule has 2 aromatic heterocycles. The Morgan fingerprint density at radius 3 is 2.87 bits per heavy atom. The third-order valence-electron chi connectivity index (χ3n) is 1.68. The molecule has 2 aromatic rings. The number of amides is 1. The number of anilines is 1. The SMILES string of the molecule is Cc1csc(NC(=O)c2cnc(C)o2)n1. The highest BCUT2D eigenvalue weighted by molar-refractivity contribution is 7.13. The lowest BCUT2D eigenvalue weighted by atomic mass is 10.5. The minimum absolute atomic E-state index is 0.195. The van der Waals surface area contributed by atoms with E-state index in [2.05, 4.69) is 15.3 Å². The molecule has 2 heterocycles. The van der Waals surface area contributed by atoms with E-state index >= 15 is 0 Å². The summed E-state index contributed by atoms with van der Waals surface area (Å²) in [5.41, 5.74) is 0.879. The van der Waals surface area contributed by atoms with E-state index in [1.54, 1.807) is 6.92 Å². The molecule has 0 saturated heterocycles. The first-order chi connectivity index (χ1) is 7.15. The van der Waals surface area contributed by atoms with Crippen LogP contribution in [-0.2, 0) is 0 Å². The molecule has 0 unspecified atom stereocenters. The summed E-state index contributed by atoms with van der Waals surface area (Å²) < 4.78 is 5.08. The third kappa shape index (κ3) is 2.21. The van der Waals surface area contributed by atoms with Crippen LogP contribution in [0.25, 0.3) is 0 Å². The van der Waals surface area contributed by atoms with Crippen LogP contribution in [0.4, 0.5) is 5.13 Å². The fraction of sp³-hybridized carbons (Fsp3) is 0.222. The van der Waals surface area contributed by atoms with Crippen LogP contribution in [0.5, 0.6) is 0 Å². The zero-order chi connectivity index (χ0) is 10.8. The van der Waals surface area contributed by atoms with E-state index in [-0.39, 0.29) is 11.7 Å². The number of hydrogen-bond donors (Lipinski definition) is 1. The Morgan fingerprint density at radius 2 is 2.33 bits per heavy atom. The van der Waals surface area contributed by atoms with E-state index in [0.29, 0.717) is 11.0 Å². The predicted molar refractivity (Wildman–Crippen MR) is 56.0 cm³/mol. The number of hydrogen-bond acceptors (Lipinski definition) is 5. The number of thiazole rings is 1. The molecule has 1 amide bonds. The van der Waals surface area contributed by atoms with Gasteiger partial charge in [0.05, 0.1) is 11.9 Å². The second-order valence-electron chi connectivity index (χ2n) is 2.99. The second-order valence-corrected chi connectivity index (χ2v) is 3.85. The number of nitrogens with zero attached hydrogens (tertiary/aromatic N) is 2. The maximum absolute atomic E-state index is 11.6. The molecule has 0 saturated carbocycles. The zero-order valence-corrected chi connectivity index (χ0v) is 9.09. The third-order valence-corrected chi connectivity index (χ3v) is 2.56. The summed E-state index contributed by atoms with van der Waals surface area (Å²) in [6.45, 7) is 3.55. The van der Waals surface area contributed by atoms with Crippen LogP contribution in [0.15, 0.2) is 16.0 Å². The van der Waals surface area contributed by atoms with Gasteiger partial charge in [-0.2, -0.15) is 0 Å². The van der Waals surface area contributed by atoms with Crippen LogP contribution >= 0.6 is 11.3 Å². The van der Waals surface area contributed by atoms with E-state index in [4.69, 9.17) is 4.42 Å². The molecule has 0 fully saturated rings. The van der Waals surface area contributed by atoms with Crippen molar-refractivity contribution in [1.29, 1.82) is 0 Å². The minimum atomic E-state index is -0.329. The minimum Gasteiger partial charge on any atom is -0.436 e. The Hall–Kier alpha value is -1.69. The van der Waals surface area contributed by atoms with Crippen LogP contribution in [-0.4, -0.2) is 15.9 Å². The maximum atomic E-state index is 11.6. The van der Waals surface area contributed by atoms with Crippen LogP contribution in [0, 0.1) is 13.8 Å². The first-order valence-corrected chi connectivity index (χ1v) is 5.19. The van der Waals surface area contributed by atoms with Crippen molar-refractivity contribution in [3.63, 3.8) is 0 Å². The molecule has 1 N–H and O–H groups in total. The fourth-order valence-corrected chi connectivity index (χ4v) is 1.72. The highest BCUT2D eigenvalue weighted by Crippen LogP contribution is 2.15. The van der Waals surface area contributed by atoms with Gasteiger partial charge in [-0.25, -0.2) is 9.97 Å².